The topological polar surface area (TPSA) is 56.6 Å². The van der Waals surface area contributed by atoms with E-state index in [0.717, 1.165) is 41.3 Å². The molecule has 1 amide bonds. The molecule has 0 radical (unpaired) electrons. The Morgan fingerprint density at radius 3 is 2.58 bits per heavy atom. The number of carbonyl (C=O) groups is 1. The Bertz CT molecular complexity index is 1410. The molecule has 1 saturated heterocycles. The van der Waals surface area contributed by atoms with Gasteiger partial charge >= 0.3 is 0 Å². The van der Waals surface area contributed by atoms with Gasteiger partial charge < -0.3 is 18.9 Å². The minimum atomic E-state index is 0.0116. The van der Waals surface area contributed by atoms with Crippen LogP contribution in [0.4, 0.5) is 5.69 Å². The summed E-state index contributed by atoms with van der Waals surface area (Å²) in [5.74, 6) is 3.07. The van der Waals surface area contributed by atoms with Crippen molar-refractivity contribution in [2.45, 2.75) is 45.1 Å². The molecular weight excluding hydrogens is 450 g/mol. The number of hydrogen-bond acceptors (Lipinski definition) is 4. The number of fused-ring (bicyclic) bond motifs is 2. The Morgan fingerprint density at radius 1 is 1.00 bits per heavy atom. The molecule has 1 aromatic heterocycles. The van der Waals surface area contributed by atoms with E-state index >= 15 is 0 Å². The van der Waals surface area contributed by atoms with E-state index in [2.05, 4.69) is 60.9 Å². The van der Waals surface area contributed by atoms with Crippen LogP contribution < -0.4 is 14.4 Å². The van der Waals surface area contributed by atoms with Gasteiger partial charge in [-0.15, -0.1) is 0 Å². The zero-order valence-corrected chi connectivity index (χ0v) is 20.8. The third kappa shape index (κ3) is 4.11. The quantitative estimate of drug-likeness (QED) is 0.345. The van der Waals surface area contributed by atoms with Gasteiger partial charge in [0.05, 0.1) is 11.0 Å². The first-order chi connectivity index (χ1) is 17.6. The summed E-state index contributed by atoms with van der Waals surface area (Å²) in [6.45, 7) is 6.88. The molecular formula is C30H31N3O3. The average Bonchev–Trinajstić information content (AvgIpc) is 3.49. The highest BCUT2D eigenvalue weighted by molar-refractivity contribution is 5.97. The molecule has 4 aromatic rings. The van der Waals surface area contributed by atoms with Crippen molar-refractivity contribution in [2.24, 2.45) is 0 Å². The van der Waals surface area contributed by atoms with Crippen molar-refractivity contribution in [3.8, 4) is 11.5 Å². The minimum absolute atomic E-state index is 0.0116. The number of ether oxygens (including phenoxy) is 2. The fraction of sp³-hybridized carbons (Fsp3) is 0.333. The van der Waals surface area contributed by atoms with Gasteiger partial charge in [-0.05, 0) is 47.7 Å². The largest absolute Gasteiger partial charge is 0.486 e. The molecule has 6 nitrogen and oxygen atoms in total. The standard InChI is InChI=1S/C30H31N3O3/c1-3-20(2)22-10-8-21(9-11-22)18-33-26-7-5-4-6-25(26)31-30(33)23-16-29(34)32(19-23)24-12-13-27-28(17-24)36-15-14-35-27/h4-13,17,20,23H,3,14-16,18-19H2,1-2H3. The molecule has 2 unspecified atom stereocenters. The van der Waals surface area contributed by atoms with Crippen LogP contribution in [-0.4, -0.2) is 35.2 Å². The van der Waals surface area contributed by atoms with Crippen molar-refractivity contribution in [3.63, 3.8) is 0 Å². The van der Waals surface area contributed by atoms with E-state index < -0.39 is 0 Å². The van der Waals surface area contributed by atoms with Gasteiger partial charge in [0.15, 0.2) is 11.5 Å². The SMILES string of the molecule is CCC(C)c1ccc(Cn2c(C3CC(=O)N(c4ccc5c(c4)OCCO5)C3)nc3ccccc32)cc1. The van der Waals surface area contributed by atoms with Gasteiger partial charge in [-0.25, -0.2) is 4.98 Å². The third-order valence-corrected chi connectivity index (χ3v) is 7.51. The first kappa shape index (κ1) is 22.7. The van der Waals surface area contributed by atoms with E-state index in [-0.39, 0.29) is 11.8 Å². The van der Waals surface area contributed by atoms with Gasteiger partial charge in [-0.2, -0.15) is 0 Å². The van der Waals surface area contributed by atoms with Crippen molar-refractivity contribution in [2.75, 3.05) is 24.7 Å². The molecule has 0 spiro atoms. The van der Waals surface area contributed by atoms with Crippen LogP contribution in [0.1, 0.15) is 55.5 Å². The number of amides is 1. The summed E-state index contributed by atoms with van der Waals surface area (Å²) in [5, 5.41) is 0. The van der Waals surface area contributed by atoms with Gasteiger partial charge in [0, 0.05) is 37.2 Å². The molecule has 3 heterocycles. The van der Waals surface area contributed by atoms with Crippen LogP contribution >= 0.6 is 0 Å². The van der Waals surface area contributed by atoms with E-state index in [1.165, 1.54) is 11.1 Å². The van der Waals surface area contributed by atoms with Crippen molar-refractivity contribution in [3.05, 3.63) is 83.7 Å². The monoisotopic (exact) mass is 481 g/mol. The highest BCUT2D eigenvalue weighted by atomic mass is 16.6. The van der Waals surface area contributed by atoms with Gasteiger partial charge in [0.1, 0.15) is 19.0 Å². The third-order valence-electron chi connectivity index (χ3n) is 7.51. The lowest BCUT2D eigenvalue weighted by atomic mass is 9.97. The Labute approximate surface area is 211 Å². The Kier molecular flexibility index (Phi) is 5.88. The van der Waals surface area contributed by atoms with Crippen molar-refractivity contribution in [1.29, 1.82) is 0 Å². The van der Waals surface area contributed by atoms with Crippen LogP contribution in [0.2, 0.25) is 0 Å². The number of nitrogens with zero attached hydrogens (tertiary/aromatic N) is 3. The van der Waals surface area contributed by atoms with Crippen LogP contribution in [-0.2, 0) is 11.3 Å². The van der Waals surface area contributed by atoms with Crippen LogP contribution in [0.25, 0.3) is 11.0 Å². The lowest BCUT2D eigenvalue weighted by Gasteiger charge is -2.22. The highest BCUT2D eigenvalue weighted by Crippen LogP contribution is 2.38. The molecule has 6 heteroatoms. The second-order valence-electron chi connectivity index (χ2n) is 9.83. The van der Waals surface area contributed by atoms with E-state index in [9.17, 15) is 4.79 Å². The van der Waals surface area contributed by atoms with Gasteiger partial charge in [-0.1, -0.05) is 50.2 Å². The first-order valence-corrected chi connectivity index (χ1v) is 12.8. The predicted octanol–water partition coefficient (Wildman–Crippen LogP) is 5.89. The molecule has 0 saturated carbocycles. The molecule has 6 rings (SSSR count). The summed E-state index contributed by atoms with van der Waals surface area (Å²) >= 11 is 0. The van der Waals surface area contributed by atoms with Crippen molar-refractivity contribution >= 4 is 22.6 Å². The van der Waals surface area contributed by atoms with E-state index in [0.29, 0.717) is 37.8 Å². The highest BCUT2D eigenvalue weighted by Gasteiger charge is 2.35. The second kappa shape index (κ2) is 9.34. The zero-order chi connectivity index (χ0) is 24.6. The van der Waals surface area contributed by atoms with E-state index in [1.807, 2.05) is 29.2 Å². The Morgan fingerprint density at radius 2 is 1.78 bits per heavy atom. The maximum Gasteiger partial charge on any atom is 0.227 e. The number of rotatable bonds is 6. The smallest absolute Gasteiger partial charge is 0.227 e. The summed E-state index contributed by atoms with van der Waals surface area (Å²) in [6.07, 6.45) is 1.57. The summed E-state index contributed by atoms with van der Waals surface area (Å²) in [7, 11) is 0. The summed E-state index contributed by atoms with van der Waals surface area (Å²) in [5.41, 5.74) is 5.51. The second-order valence-corrected chi connectivity index (χ2v) is 9.83. The number of anilines is 1. The fourth-order valence-electron chi connectivity index (χ4n) is 5.27. The molecule has 2 atom stereocenters. The Hall–Kier alpha value is -3.80. The predicted molar refractivity (Wildman–Crippen MR) is 141 cm³/mol. The van der Waals surface area contributed by atoms with Crippen LogP contribution in [0.15, 0.2) is 66.7 Å². The van der Waals surface area contributed by atoms with Crippen LogP contribution in [0.3, 0.4) is 0 Å². The van der Waals surface area contributed by atoms with E-state index in [4.69, 9.17) is 14.5 Å². The zero-order valence-electron chi connectivity index (χ0n) is 20.8. The van der Waals surface area contributed by atoms with Gasteiger partial charge in [0.25, 0.3) is 0 Å². The Balaban J connectivity index is 1.31. The number of carbonyl (C=O) groups excluding carboxylic acids is 1. The lowest BCUT2D eigenvalue weighted by Crippen LogP contribution is -2.25. The van der Waals surface area contributed by atoms with Crippen LogP contribution in [0.5, 0.6) is 11.5 Å². The molecule has 2 aliphatic rings. The number of benzene rings is 3. The molecule has 1 fully saturated rings. The normalized spacial score (nSPS) is 18.1. The van der Waals surface area contributed by atoms with Gasteiger partial charge in [0.2, 0.25) is 5.91 Å². The van der Waals surface area contributed by atoms with Crippen LogP contribution in [0, 0.1) is 0 Å². The number of aromatic nitrogens is 2. The van der Waals surface area contributed by atoms with Gasteiger partial charge in [-0.3, -0.25) is 4.79 Å². The first-order valence-electron chi connectivity index (χ1n) is 12.8. The molecule has 36 heavy (non-hydrogen) atoms. The molecule has 3 aromatic carbocycles. The summed E-state index contributed by atoms with van der Waals surface area (Å²) < 4.78 is 13.7. The average molecular weight is 482 g/mol. The number of para-hydroxylation sites is 2. The fourth-order valence-corrected chi connectivity index (χ4v) is 5.27. The summed E-state index contributed by atoms with van der Waals surface area (Å²) in [4.78, 5) is 20.0. The minimum Gasteiger partial charge on any atom is -0.486 e. The van der Waals surface area contributed by atoms with E-state index in [1.54, 1.807) is 0 Å². The lowest BCUT2D eigenvalue weighted by molar-refractivity contribution is -0.117. The number of hydrogen-bond donors (Lipinski definition) is 0. The molecule has 184 valence electrons. The molecule has 0 bridgehead atoms. The van der Waals surface area contributed by atoms with Crippen molar-refractivity contribution < 1.29 is 14.3 Å². The van der Waals surface area contributed by atoms with Crippen molar-refractivity contribution in [1.82, 2.24) is 9.55 Å². The summed E-state index contributed by atoms with van der Waals surface area (Å²) in [6, 6.07) is 22.9. The molecule has 0 aliphatic carbocycles. The molecule has 2 aliphatic heterocycles. The maximum absolute atomic E-state index is 13.2. The molecule has 0 N–H and O–H groups in total. The number of imidazole rings is 1. The maximum atomic E-state index is 13.2.